The molecule has 1 heterocycles. The number of aromatic amines is 1. The summed E-state index contributed by atoms with van der Waals surface area (Å²) in [7, 11) is 0. The number of rotatable bonds is 2. The second-order valence-corrected chi connectivity index (χ2v) is 6.00. The first-order chi connectivity index (χ1) is 9.56. The molecule has 0 spiro atoms. The summed E-state index contributed by atoms with van der Waals surface area (Å²) in [5.41, 5.74) is 8.76. The fourth-order valence-electron chi connectivity index (χ4n) is 3.42. The molecule has 4 N–H and O–H groups in total. The Balaban J connectivity index is 1.84. The van der Waals surface area contributed by atoms with E-state index in [9.17, 15) is 9.59 Å². The number of hydrogen-bond acceptors (Lipinski definition) is 3. The molecular formula is C15H21N3O2. The van der Waals surface area contributed by atoms with Crippen LogP contribution in [0.4, 0.5) is 0 Å². The number of Topliss-reactive ketones (excluding diaryl/α,β-unsaturated/α-hetero) is 1. The van der Waals surface area contributed by atoms with Gasteiger partial charge in [-0.15, -0.1) is 0 Å². The van der Waals surface area contributed by atoms with Crippen LogP contribution in [0.1, 0.15) is 64.2 Å². The second kappa shape index (κ2) is 5.05. The summed E-state index contributed by atoms with van der Waals surface area (Å²) in [5.74, 6) is -0.0433. The Morgan fingerprint density at radius 1 is 1.35 bits per heavy atom. The lowest BCUT2D eigenvalue weighted by Crippen LogP contribution is -2.35. The van der Waals surface area contributed by atoms with E-state index in [4.69, 9.17) is 5.73 Å². The molecule has 0 saturated heterocycles. The van der Waals surface area contributed by atoms with Crippen molar-refractivity contribution in [2.75, 3.05) is 0 Å². The van der Waals surface area contributed by atoms with Crippen molar-refractivity contribution in [3.8, 4) is 0 Å². The van der Waals surface area contributed by atoms with E-state index in [-0.39, 0.29) is 23.8 Å². The quantitative estimate of drug-likeness (QED) is 0.763. The fourth-order valence-corrected chi connectivity index (χ4v) is 3.42. The number of ketones is 1. The summed E-state index contributed by atoms with van der Waals surface area (Å²) in [5, 5.41) is 3.03. The summed E-state index contributed by atoms with van der Waals surface area (Å²) >= 11 is 0. The summed E-state index contributed by atoms with van der Waals surface area (Å²) in [4.78, 5) is 27.8. The van der Waals surface area contributed by atoms with Gasteiger partial charge < -0.3 is 16.0 Å². The highest BCUT2D eigenvalue weighted by atomic mass is 16.2. The van der Waals surface area contributed by atoms with Crippen molar-refractivity contribution in [3.63, 3.8) is 0 Å². The molecule has 0 unspecified atom stereocenters. The molecule has 108 valence electrons. The number of nitrogens with one attached hydrogen (secondary N) is 2. The van der Waals surface area contributed by atoms with Crippen LogP contribution in [0.25, 0.3) is 0 Å². The lowest BCUT2D eigenvalue weighted by Gasteiger charge is -2.15. The normalized spacial score (nSPS) is 25.6. The molecule has 20 heavy (non-hydrogen) atoms. The summed E-state index contributed by atoms with van der Waals surface area (Å²) in [6.45, 7) is 1.86. The lowest BCUT2D eigenvalue weighted by molar-refractivity contribution is 0.0916. The van der Waals surface area contributed by atoms with Gasteiger partial charge in [0.2, 0.25) is 0 Å². The zero-order chi connectivity index (χ0) is 14.3. The third kappa shape index (κ3) is 2.26. The van der Waals surface area contributed by atoms with Crippen LogP contribution in [0.5, 0.6) is 0 Å². The highest BCUT2D eigenvalue weighted by Crippen LogP contribution is 2.27. The SMILES string of the molecule is Cc1[nH]c2c(c1C(=O)N[C@H]1CC[C@H](N)C1)C(=O)CCC2. The summed E-state index contributed by atoms with van der Waals surface area (Å²) < 4.78 is 0. The van der Waals surface area contributed by atoms with Crippen molar-refractivity contribution in [3.05, 3.63) is 22.5 Å². The third-order valence-corrected chi connectivity index (χ3v) is 4.41. The molecule has 5 nitrogen and oxygen atoms in total. The molecule has 2 aliphatic rings. The molecule has 0 bridgehead atoms. The first-order valence-corrected chi connectivity index (χ1v) is 7.37. The Morgan fingerprint density at radius 3 is 2.85 bits per heavy atom. The van der Waals surface area contributed by atoms with E-state index in [0.717, 1.165) is 43.5 Å². The van der Waals surface area contributed by atoms with Gasteiger partial charge in [0.1, 0.15) is 0 Å². The van der Waals surface area contributed by atoms with Crippen LogP contribution in [0.2, 0.25) is 0 Å². The van der Waals surface area contributed by atoms with Crippen LogP contribution >= 0.6 is 0 Å². The van der Waals surface area contributed by atoms with Crippen molar-refractivity contribution < 1.29 is 9.59 Å². The minimum absolute atomic E-state index is 0.0869. The Labute approximate surface area is 118 Å². The topological polar surface area (TPSA) is 88.0 Å². The molecule has 5 heteroatoms. The predicted molar refractivity (Wildman–Crippen MR) is 75.9 cm³/mol. The number of carbonyl (C=O) groups excluding carboxylic acids is 2. The number of aromatic nitrogens is 1. The van der Waals surface area contributed by atoms with Crippen molar-refractivity contribution in [1.29, 1.82) is 0 Å². The Kier molecular flexibility index (Phi) is 3.38. The highest BCUT2D eigenvalue weighted by molar-refractivity contribution is 6.10. The van der Waals surface area contributed by atoms with Gasteiger partial charge in [-0.1, -0.05) is 0 Å². The average molecular weight is 275 g/mol. The van der Waals surface area contributed by atoms with E-state index in [2.05, 4.69) is 10.3 Å². The van der Waals surface area contributed by atoms with E-state index in [1.807, 2.05) is 6.92 Å². The van der Waals surface area contributed by atoms with E-state index in [1.165, 1.54) is 0 Å². The first-order valence-electron chi connectivity index (χ1n) is 7.37. The smallest absolute Gasteiger partial charge is 0.254 e. The van der Waals surface area contributed by atoms with Gasteiger partial charge in [0.15, 0.2) is 5.78 Å². The Bertz CT molecular complexity index is 562. The molecule has 1 amide bonds. The number of amides is 1. The maximum absolute atomic E-state index is 12.5. The van der Waals surface area contributed by atoms with Crippen LogP contribution in [-0.2, 0) is 6.42 Å². The summed E-state index contributed by atoms with van der Waals surface area (Å²) in [6, 6.07) is 0.323. The van der Waals surface area contributed by atoms with E-state index in [0.29, 0.717) is 17.5 Å². The molecule has 1 aromatic heterocycles. The van der Waals surface area contributed by atoms with Gasteiger partial charge in [0.25, 0.3) is 5.91 Å². The third-order valence-electron chi connectivity index (χ3n) is 4.41. The summed E-state index contributed by atoms with van der Waals surface area (Å²) in [6.07, 6.45) is 4.96. The van der Waals surface area contributed by atoms with E-state index >= 15 is 0 Å². The fraction of sp³-hybridized carbons (Fsp3) is 0.600. The van der Waals surface area contributed by atoms with Gasteiger partial charge in [0.05, 0.1) is 11.1 Å². The molecule has 0 radical (unpaired) electrons. The molecular weight excluding hydrogens is 254 g/mol. The zero-order valence-electron chi connectivity index (χ0n) is 11.8. The van der Waals surface area contributed by atoms with E-state index < -0.39 is 0 Å². The molecule has 1 fully saturated rings. The van der Waals surface area contributed by atoms with Gasteiger partial charge >= 0.3 is 0 Å². The van der Waals surface area contributed by atoms with Crippen LogP contribution < -0.4 is 11.1 Å². The number of nitrogens with two attached hydrogens (primary N) is 1. The molecule has 2 atom stereocenters. The maximum atomic E-state index is 12.5. The second-order valence-electron chi connectivity index (χ2n) is 6.00. The van der Waals surface area contributed by atoms with Crippen LogP contribution in [0.3, 0.4) is 0 Å². The minimum Gasteiger partial charge on any atom is -0.361 e. The molecule has 0 aromatic carbocycles. The van der Waals surface area contributed by atoms with Crippen molar-refractivity contribution in [2.24, 2.45) is 5.73 Å². The van der Waals surface area contributed by atoms with E-state index in [1.54, 1.807) is 0 Å². The van der Waals surface area contributed by atoms with Gasteiger partial charge in [-0.05, 0) is 39.0 Å². The van der Waals surface area contributed by atoms with Crippen molar-refractivity contribution in [2.45, 2.75) is 57.5 Å². The number of aryl methyl sites for hydroxylation is 2. The maximum Gasteiger partial charge on any atom is 0.254 e. The van der Waals surface area contributed by atoms with Gasteiger partial charge in [0, 0.05) is 29.9 Å². The predicted octanol–water partition coefficient (Wildman–Crippen LogP) is 1.45. The van der Waals surface area contributed by atoms with Crippen molar-refractivity contribution in [1.82, 2.24) is 10.3 Å². The number of H-pyrrole nitrogens is 1. The van der Waals surface area contributed by atoms with Crippen LogP contribution in [0, 0.1) is 6.92 Å². The van der Waals surface area contributed by atoms with Gasteiger partial charge in [-0.25, -0.2) is 0 Å². The average Bonchev–Trinajstić information content (AvgIpc) is 2.93. The number of fused-ring (bicyclic) bond motifs is 1. The van der Waals surface area contributed by atoms with Gasteiger partial charge in [-0.3, -0.25) is 9.59 Å². The zero-order valence-corrected chi connectivity index (χ0v) is 11.8. The van der Waals surface area contributed by atoms with Crippen LogP contribution in [-0.4, -0.2) is 28.8 Å². The van der Waals surface area contributed by atoms with Crippen LogP contribution in [0.15, 0.2) is 0 Å². The Hall–Kier alpha value is -1.62. The standard InChI is InChI=1S/C15H21N3O2/c1-8-13(14-11(17-8)3-2-4-12(14)19)15(20)18-10-6-5-9(16)7-10/h9-10,17H,2-7,16H2,1H3,(H,18,20)/t9-,10-/m0/s1. The Morgan fingerprint density at radius 2 is 2.15 bits per heavy atom. The lowest BCUT2D eigenvalue weighted by atomic mass is 9.93. The minimum atomic E-state index is -0.130. The molecule has 1 aromatic rings. The van der Waals surface area contributed by atoms with Gasteiger partial charge in [-0.2, -0.15) is 0 Å². The molecule has 0 aliphatic heterocycles. The molecule has 2 aliphatic carbocycles. The first kappa shape index (κ1) is 13.4. The largest absolute Gasteiger partial charge is 0.361 e. The van der Waals surface area contributed by atoms with Crippen molar-refractivity contribution >= 4 is 11.7 Å². The monoisotopic (exact) mass is 275 g/mol. The molecule has 1 saturated carbocycles. The number of hydrogen-bond donors (Lipinski definition) is 3. The number of carbonyl (C=O) groups is 2. The molecule has 3 rings (SSSR count). The highest BCUT2D eigenvalue weighted by Gasteiger charge is 2.30.